The summed E-state index contributed by atoms with van der Waals surface area (Å²) in [6.07, 6.45) is 5.64. The maximum absolute atomic E-state index is 4.57. The van der Waals surface area contributed by atoms with Gasteiger partial charge in [-0.2, -0.15) is 0 Å². The van der Waals surface area contributed by atoms with Gasteiger partial charge in [0.1, 0.15) is 0 Å². The van der Waals surface area contributed by atoms with Crippen molar-refractivity contribution in [3.05, 3.63) is 36.2 Å². The van der Waals surface area contributed by atoms with E-state index >= 15 is 0 Å². The summed E-state index contributed by atoms with van der Waals surface area (Å²) in [6.45, 7) is 4.08. The number of nitrogens with zero attached hydrogens (tertiary/aromatic N) is 2. The zero-order chi connectivity index (χ0) is 11.9. The van der Waals surface area contributed by atoms with Crippen LogP contribution in [0.25, 0.3) is 11.0 Å². The minimum Gasteiger partial charge on any atom is -0.311 e. The fourth-order valence-corrected chi connectivity index (χ4v) is 1.80. The Labute approximate surface area is 102 Å². The molecule has 0 spiro atoms. The van der Waals surface area contributed by atoms with Crippen molar-refractivity contribution in [1.29, 1.82) is 0 Å². The first kappa shape index (κ1) is 12.0. The standard InChI is InChI=1S/C14H19N3/c1-2-3-6-9-15-10-12-11-16-13-7-4-5-8-14(13)17-12/h4-5,7-8,11,15H,2-3,6,9-10H2,1H3. The molecule has 0 radical (unpaired) electrons. The fourth-order valence-electron chi connectivity index (χ4n) is 1.80. The zero-order valence-corrected chi connectivity index (χ0v) is 10.3. The monoisotopic (exact) mass is 229 g/mol. The smallest absolute Gasteiger partial charge is 0.0890 e. The molecule has 0 atom stereocenters. The topological polar surface area (TPSA) is 37.8 Å². The van der Waals surface area contributed by atoms with Gasteiger partial charge in [0.25, 0.3) is 0 Å². The summed E-state index contributed by atoms with van der Waals surface area (Å²) < 4.78 is 0. The molecule has 1 aromatic heterocycles. The Hall–Kier alpha value is -1.48. The molecule has 1 N–H and O–H groups in total. The van der Waals surface area contributed by atoms with Crippen molar-refractivity contribution >= 4 is 11.0 Å². The molecule has 0 fully saturated rings. The van der Waals surface area contributed by atoms with Crippen molar-refractivity contribution in [2.24, 2.45) is 0 Å². The van der Waals surface area contributed by atoms with E-state index in [1.807, 2.05) is 30.5 Å². The number of rotatable bonds is 6. The maximum atomic E-state index is 4.57. The molecule has 0 aliphatic carbocycles. The highest BCUT2D eigenvalue weighted by Gasteiger charge is 1.98. The molecule has 3 nitrogen and oxygen atoms in total. The fraction of sp³-hybridized carbons (Fsp3) is 0.429. The lowest BCUT2D eigenvalue weighted by atomic mass is 10.2. The van der Waals surface area contributed by atoms with Gasteiger partial charge in [0, 0.05) is 6.54 Å². The quantitative estimate of drug-likeness (QED) is 0.774. The van der Waals surface area contributed by atoms with Gasteiger partial charge in [0.2, 0.25) is 0 Å². The van der Waals surface area contributed by atoms with Crippen LogP contribution >= 0.6 is 0 Å². The average molecular weight is 229 g/mol. The summed E-state index contributed by atoms with van der Waals surface area (Å²) in [4.78, 5) is 8.96. The van der Waals surface area contributed by atoms with Crippen molar-refractivity contribution in [2.45, 2.75) is 32.7 Å². The molecule has 0 aliphatic rings. The molecule has 1 heterocycles. The normalized spacial score (nSPS) is 10.9. The van der Waals surface area contributed by atoms with E-state index in [-0.39, 0.29) is 0 Å². The second-order valence-corrected chi connectivity index (χ2v) is 4.23. The maximum Gasteiger partial charge on any atom is 0.0890 e. The number of unbranched alkanes of at least 4 members (excludes halogenated alkanes) is 2. The third kappa shape index (κ3) is 3.49. The molecule has 90 valence electrons. The van der Waals surface area contributed by atoms with Crippen LogP contribution in [0, 0.1) is 0 Å². The van der Waals surface area contributed by atoms with Gasteiger partial charge < -0.3 is 5.32 Å². The SMILES string of the molecule is CCCCCNCc1cnc2ccccc2n1. The van der Waals surface area contributed by atoms with Gasteiger partial charge in [-0.05, 0) is 25.1 Å². The number of aromatic nitrogens is 2. The Bertz CT molecular complexity index is 468. The van der Waals surface area contributed by atoms with Crippen LogP contribution < -0.4 is 5.32 Å². The predicted molar refractivity (Wildman–Crippen MR) is 70.8 cm³/mol. The first-order valence-corrected chi connectivity index (χ1v) is 6.31. The molecule has 0 amide bonds. The molecular formula is C14H19N3. The summed E-state index contributed by atoms with van der Waals surface area (Å²) in [5.41, 5.74) is 2.95. The van der Waals surface area contributed by atoms with E-state index in [0.717, 1.165) is 29.8 Å². The minimum absolute atomic E-state index is 0.807. The number of nitrogens with one attached hydrogen (secondary N) is 1. The molecular weight excluding hydrogens is 210 g/mol. The largest absolute Gasteiger partial charge is 0.311 e. The van der Waals surface area contributed by atoms with Gasteiger partial charge in [-0.15, -0.1) is 0 Å². The lowest BCUT2D eigenvalue weighted by molar-refractivity contribution is 0.611. The summed E-state index contributed by atoms with van der Waals surface area (Å²) in [6, 6.07) is 7.97. The van der Waals surface area contributed by atoms with Crippen LogP contribution in [0.1, 0.15) is 31.9 Å². The number of hydrogen-bond acceptors (Lipinski definition) is 3. The Balaban J connectivity index is 1.90. The summed E-state index contributed by atoms with van der Waals surface area (Å²) in [5.74, 6) is 0. The van der Waals surface area contributed by atoms with E-state index in [1.165, 1.54) is 19.3 Å². The molecule has 3 heteroatoms. The van der Waals surface area contributed by atoms with Crippen LogP contribution in [0.4, 0.5) is 0 Å². The Kier molecular flexibility index (Phi) is 4.45. The van der Waals surface area contributed by atoms with E-state index < -0.39 is 0 Å². The van der Waals surface area contributed by atoms with Crippen molar-refractivity contribution in [1.82, 2.24) is 15.3 Å². The first-order chi connectivity index (χ1) is 8.40. The summed E-state index contributed by atoms with van der Waals surface area (Å²) >= 11 is 0. The molecule has 0 bridgehead atoms. The Morgan fingerprint density at radius 1 is 1.12 bits per heavy atom. The van der Waals surface area contributed by atoms with Gasteiger partial charge >= 0.3 is 0 Å². The predicted octanol–water partition coefficient (Wildman–Crippen LogP) is 2.91. The Morgan fingerprint density at radius 2 is 1.94 bits per heavy atom. The number of hydrogen-bond donors (Lipinski definition) is 1. The molecule has 17 heavy (non-hydrogen) atoms. The highest BCUT2D eigenvalue weighted by Crippen LogP contribution is 2.08. The van der Waals surface area contributed by atoms with Gasteiger partial charge in [-0.1, -0.05) is 31.9 Å². The first-order valence-electron chi connectivity index (χ1n) is 6.31. The molecule has 0 aliphatic heterocycles. The van der Waals surface area contributed by atoms with E-state index in [4.69, 9.17) is 0 Å². The minimum atomic E-state index is 0.807. The summed E-state index contributed by atoms with van der Waals surface area (Å²) in [7, 11) is 0. The third-order valence-corrected chi connectivity index (χ3v) is 2.76. The van der Waals surface area contributed by atoms with E-state index in [9.17, 15) is 0 Å². The van der Waals surface area contributed by atoms with Crippen LogP contribution in [0.5, 0.6) is 0 Å². The molecule has 2 aromatic rings. The van der Waals surface area contributed by atoms with Gasteiger partial charge in [0.05, 0.1) is 22.9 Å². The highest BCUT2D eigenvalue weighted by atomic mass is 14.9. The van der Waals surface area contributed by atoms with Crippen molar-refractivity contribution in [2.75, 3.05) is 6.54 Å². The van der Waals surface area contributed by atoms with Crippen LogP contribution in [-0.4, -0.2) is 16.5 Å². The number of benzene rings is 1. The van der Waals surface area contributed by atoms with Crippen molar-refractivity contribution in [3.8, 4) is 0 Å². The van der Waals surface area contributed by atoms with E-state index in [2.05, 4.69) is 22.2 Å². The highest BCUT2D eigenvalue weighted by molar-refractivity contribution is 5.73. The van der Waals surface area contributed by atoms with Gasteiger partial charge in [-0.3, -0.25) is 4.98 Å². The molecule has 0 unspecified atom stereocenters. The van der Waals surface area contributed by atoms with Crippen LogP contribution in [0.15, 0.2) is 30.5 Å². The molecule has 0 saturated carbocycles. The number of fused-ring (bicyclic) bond motifs is 1. The van der Waals surface area contributed by atoms with E-state index in [0.29, 0.717) is 0 Å². The summed E-state index contributed by atoms with van der Waals surface area (Å²) in [5, 5.41) is 3.40. The number of para-hydroxylation sites is 2. The van der Waals surface area contributed by atoms with Gasteiger partial charge in [-0.25, -0.2) is 4.98 Å². The second-order valence-electron chi connectivity index (χ2n) is 4.23. The second kappa shape index (κ2) is 6.30. The zero-order valence-electron chi connectivity index (χ0n) is 10.3. The molecule has 0 saturated heterocycles. The van der Waals surface area contributed by atoms with Gasteiger partial charge in [0.15, 0.2) is 0 Å². The van der Waals surface area contributed by atoms with Crippen LogP contribution in [0.2, 0.25) is 0 Å². The molecule has 1 aromatic carbocycles. The van der Waals surface area contributed by atoms with Crippen molar-refractivity contribution in [3.63, 3.8) is 0 Å². The average Bonchev–Trinajstić information content (AvgIpc) is 2.38. The Morgan fingerprint density at radius 3 is 2.76 bits per heavy atom. The third-order valence-electron chi connectivity index (χ3n) is 2.76. The lowest BCUT2D eigenvalue weighted by Crippen LogP contribution is -2.15. The van der Waals surface area contributed by atoms with Crippen LogP contribution in [0.3, 0.4) is 0 Å². The van der Waals surface area contributed by atoms with Crippen LogP contribution in [-0.2, 0) is 6.54 Å². The molecule has 2 rings (SSSR count). The van der Waals surface area contributed by atoms with Crippen molar-refractivity contribution < 1.29 is 0 Å². The van der Waals surface area contributed by atoms with E-state index in [1.54, 1.807) is 0 Å². The lowest BCUT2D eigenvalue weighted by Gasteiger charge is -2.04.